The molecule has 0 atom stereocenters. The van der Waals surface area contributed by atoms with Crippen LogP contribution in [-0.2, 0) is 4.79 Å². The smallest absolute Gasteiger partial charge is 0.223 e. The average Bonchev–Trinajstić information content (AvgIpc) is 1.82. The molecule has 0 unspecified atom stereocenters. The van der Waals surface area contributed by atoms with Crippen LogP contribution in [0, 0.1) is 10.8 Å². The summed E-state index contributed by atoms with van der Waals surface area (Å²) in [5.41, 5.74) is 5.19. The average molecular weight is 171 g/mol. The maximum atomic E-state index is 11.0. The number of primary amides is 1. The van der Waals surface area contributed by atoms with Gasteiger partial charge in [-0.1, -0.05) is 34.6 Å². The molecule has 2 nitrogen and oxygen atoms in total. The number of carbonyl (C=O) groups is 1. The molecule has 2 N–H and O–H groups in total. The lowest BCUT2D eigenvalue weighted by Crippen LogP contribution is -2.32. The second-order valence-corrected chi connectivity index (χ2v) is 5.31. The molecule has 0 aliphatic carbocycles. The fraction of sp³-hybridized carbons (Fsp3) is 0.900. The highest BCUT2D eigenvalue weighted by atomic mass is 16.1. The van der Waals surface area contributed by atoms with Gasteiger partial charge in [-0.25, -0.2) is 0 Å². The molecule has 0 aromatic carbocycles. The molecule has 0 aromatic rings. The van der Waals surface area contributed by atoms with Crippen LogP contribution in [0.1, 0.15) is 47.5 Å². The van der Waals surface area contributed by atoms with E-state index in [1.807, 2.05) is 13.8 Å². The Morgan fingerprint density at radius 3 is 1.75 bits per heavy atom. The van der Waals surface area contributed by atoms with E-state index in [2.05, 4.69) is 20.8 Å². The van der Waals surface area contributed by atoms with Crippen molar-refractivity contribution in [2.75, 3.05) is 0 Å². The minimum atomic E-state index is -0.354. The summed E-state index contributed by atoms with van der Waals surface area (Å²) < 4.78 is 0. The predicted octanol–water partition coefficient (Wildman–Crippen LogP) is 2.32. The summed E-state index contributed by atoms with van der Waals surface area (Å²) in [7, 11) is 0. The molecule has 2 heteroatoms. The van der Waals surface area contributed by atoms with E-state index in [0.29, 0.717) is 0 Å². The Morgan fingerprint density at radius 1 is 1.08 bits per heavy atom. The Labute approximate surface area is 75.5 Å². The fourth-order valence-corrected chi connectivity index (χ4v) is 0.811. The summed E-state index contributed by atoms with van der Waals surface area (Å²) in [6.07, 6.45) is 1.90. The number of nitrogens with two attached hydrogens (primary N) is 1. The summed E-state index contributed by atoms with van der Waals surface area (Å²) in [4.78, 5) is 11.0. The Morgan fingerprint density at radius 2 is 1.50 bits per heavy atom. The van der Waals surface area contributed by atoms with Gasteiger partial charge in [-0.3, -0.25) is 4.79 Å². The lowest BCUT2D eigenvalue weighted by atomic mass is 9.80. The second kappa shape index (κ2) is 3.46. The van der Waals surface area contributed by atoms with Gasteiger partial charge >= 0.3 is 0 Å². The molecule has 0 aliphatic rings. The maximum absolute atomic E-state index is 11.0. The van der Waals surface area contributed by atoms with E-state index in [4.69, 9.17) is 5.73 Å². The van der Waals surface area contributed by atoms with Gasteiger partial charge in [0, 0.05) is 5.41 Å². The van der Waals surface area contributed by atoms with Crippen molar-refractivity contribution in [2.45, 2.75) is 47.5 Å². The van der Waals surface area contributed by atoms with E-state index in [-0.39, 0.29) is 16.7 Å². The highest BCUT2D eigenvalue weighted by Gasteiger charge is 2.26. The first-order valence-corrected chi connectivity index (χ1v) is 4.45. The molecule has 0 heterocycles. The van der Waals surface area contributed by atoms with Crippen molar-refractivity contribution in [1.29, 1.82) is 0 Å². The summed E-state index contributed by atoms with van der Waals surface area (Å²) >= 11 is 0. The van der Waals surface area contributed by atoms with E-state index in [1.165, 1.54) is 0 Å². The monoisotopic (exact) mass is 171 g/mol. The Hall–Kier alpha value is -0.530. The molecule has 0 rings (SSSR count). The van der Waals surface area contributed by atoms with Crippen LogP contribution in [0.4, 0.5) is 0 Å². The number of rotatable bonds is 3. The van der Waals surface area contributed by atoms with Crippen LogP contribution in [0.5, 0.6) is 0 Å². The minimum Gasteiger partial charge on any atom is -0.369 e. The molecular formula is C10H21NO. The number of amides is 1. The fourth-order valence-electron chi connectivity index (χ4n) is 0.811. The van der Waals surface area contributed by atoms with Crippen LogP contribution in [-0.4, -0.2) is 5.91 Å². The lowest BCUT2D eigenvalue weighted by Gasteiger charge is -2.25. The predicted molar refractivity (Wildman–Crippen MR) is 51.7 cm³/mol. The molecule has 0 bridgehead atoms. The Bertz CT molecular complexity index is 165. The zero-order chi connectivity index (χ0) is 9.99. The second-order valence-electron chi connectivity index (χ2n) is 5.31. The molecule has 0 aliphatic heterocycles. The normalized spacial score (nSPS) is 13.1. The molecule has 0 saturated carbocycles. The summed E-state index contributed by atoms with van der Waals surface area (Å²) in [5, 5.41) is 0. The first-order valence-electron chi connectivity index (χ1n) is 4.45. The Balaban J connectivity index is 4.01. The zero-order valence-electron chi connectivity index (χ0n) is 8.90. The molecule has 1 amide bonds. The standard InChI is InChI=1S/C10H21NO/c1-9(2,3)6-7-10(4,5)8(11)12/h6-7H2,1-5H3,(H2,11,12). The quantitative estimate of drug-likeness (QED) is 0.695. The van der Waals surface area contributed by atoms with Gasteiger partial charge in [-0.15, -0.1) is 0 Å². The molecule has 0 spiro atoms. The van der Waals surface area contributed by atoms with Crippen LogP contribution < -0.4 is 5.73 Å². The van der Waals surface area contributed by atoms with E-state index >= 15 is 0 Å². The van der Waals surface area contributed by atoms with Crippen LogP contribution in [0.15, 0.2) is 0 Å². The number of hydrogen-bond donors (Lipinski definition) is 1. The van der Waals surface area contributed by atoms with Gasteiger partial charge in [-0.05, 0) is 18.3 Å². The first kappa shape index (κ1) is 11.5. The third-order valence-electron chi connectivity index (χ3n) is 2.17. The minimum absolute atomic E-state index is 0.202. The van der Waals surface area contributed by atoms with Crippen LogP contribution >= 0.6 is 0 Å². The zero-order valence-corrected chi connectivity index (χ0v) is 8.90. The number of carbonyl (C=O) groups excluding carboxylic acids is 1. The largest absolute Gasteiger partial charge is 0.369 e. The molecular weight excluding hydrogens is 150 g/mol. The van der Waals surface area contributed by atoms with E-state index < -0.39 is 0 Å². The van der Waals surface area contributed by atoms with Gasteiger partial charge in [-0.2, -0.15) is 0 Å². The van der Waals surface area contributed by atoms with Crippen molar-refractivity contribution in [3.8, 4) is 0 Å². The molecule has 0 aromatic heterocycles. The van der Waals surface area contributed by atoms with Gasteiger partial charge in [0.05, 0.1) is 0 Å². The first-order chi connectivity index (χ1) is 5.15. The molecule has 0 radical (unpaired) electrons. The molecule has 0 fully saturated rings. The van der Waals surface area contributed by atoms with Crippen molar-refractivity contribution >= 4 is 5.91 Å². The highest BCUT2D eigenvalue weighted by Crippen LogP contribution is 2.29. The van der Waals surface area contributed by atoms with Gasteiger partial charge < -0.3 is 5.73 Å². The van der Waals surface area contributed by atoms with Crippen LogP contribution in [0.2, 0.25) is 0 Å². The number of hydrogen-bond acceptors (Lipinski definition) is 1. The molecule has 0 saturated heterocycles. The van der Waals surface area contributed by atoms with Crippen molar-refractivity contribution in [3.05, 3.63) is 0 Å². The Kier molecular flexibility index (Phi) is 3.31. The maximum Gasteiger partial charge on any atom is 0.223 e. The summed E-state index contributed by atoms with van der Waals surface area (Å²) in [5.74, 6) is -0.202. The van der Waals surface area contributed by atoms with E-state index in [9.17, 15) is 4.79 Å². The van der Waals surface area contributed by atoms with Gasteiger partial charge in [0.1, 0.15) is 0 Å². The topological polar surface area (TPSA) is 43.1 Å². The third kappa shape index (κ3) is 4.37. The van der Waals surface area contributed by atoms with Gasteiger partial charge in [0.15, 0.2) is 0 Å². The molecule has 72 valence electrons. The summed E-state index contributed by atoms with van der Waals surface area (Å²) in [6, 6.07) is 0. The van der Waals surface area contributed by atoms with Crippen LogP contribution in [0.3, 0.4) is 0 Å². The third-order valence-corrected chi connectivity index (χ3v) is 2.17. The van der Waals surface area contributed by atoms with E-state index in [1.54, 1.807) is 0 Å². The van der Waals surface area contributed by atoms with E-state index in [0.717, 1.165) is 12.8 Å². The van der Waals surface area contributed by atoms with Crippen molar-refractivity contribution < 1.29 is 4.79 Å². The van der Waals surface area contributed by atoms with Crippen molar-refractivity contribution in [1.82, 2.24) is 0 Å². The van der Waals surface area contributed by atoms with Gasteiger partial charge in [0.2, 0.25) is 5.91 Å². The van der Waals surface area contributed by atoms with Crippen LogP contribution in [0.25, 0.3) is 0 Å². The summed E-state index contributed by atoms with van der Waals surface area (Å²) in [6.45, 7) is 10.3. The molecule has 12 heavy (non-hydrogen) atoms. The van der Waals surface area contributed by atoms with Gasteiger partial charge in [0.25, 0.3) is 0 Å². The SMILES string of the molecule is CC(C)(C)CCC(C)(C)C(N)=O. The highest BCUT2D eigenvalue weighted by molar-refractivity contribution is 5.79. The van der Waals surface area contributed by atoms with Crippen molar-refractivity contribution in [2.24, 2.45) is 16.6 Å². The van der Waals surface area contributed by atoms with Crippen molar-refractivity contribution in [3.63, 3.8) is 0 Å². The lowest BCUT2D eigenvalue weighted by molar-refractivity contribution is -0.126.